The van der Waals surface area contributed by atoms with Gasteiger partial charge in [0.1, 0.15) is 0 Å². The Morgan fingerprint density at radius 3 is 0.786 bits per heavy atom. The summed E-state index contributed by atoms with van der Waals surface area (Å²) in [5.74, 6) is 0. The molecule has 6 heteroatoms. The van der Waals surface area contributed by atoms with E-state index in [0.717, 1.165) is 64.0 Å². The lowest BCUT2D eigenvalue weighted by Gasteiger charge is -2.39. The molecule has 0 fully saturated rings. The van der Waals surface area contributed by atoms with Gasteiger partial charge >= 0.3 is 0 Å². The maximum absolute atomic E-state index is 7.35. The Bertz CT molecular complexity index is 2430. The van der Waals surface area contributed by atoms with Crippen LogP contribution in [0.3, 0.4) is 0 Å². The lowest BCUT2D eigenvalue weighted by atomic mass is 9.92. The summed E-state index contributed by atoms with van der Waals surface area (Å²) in [6.45, 7) is 28.5. The Labute approximate surface area is 356 Å². The number of hydrogen-bond acceptors (Lipinski definition) is 0. The standard InChI is InChI=1S/C50H56Cl4Si2/c1-29(2)55(30(3)4,31(5)6)27-25-39-45-35(17-13-21-41(45)51)49(36-18-14-22-42(52)46(36)39)50-37-19-15-23-43(53)47(37)40(48-38(50)20-16-24-44(48)54)26-28-56(32(7)8,33(9)10)34(11)12/h13-24,27-34H,1-12H3. The van der Waals surface area contributed by atoms with Gasteiger partial charge in [0.25, 0.3) is 0 Å². The van der Waals surface area contributed by atoms with E-state index in [2.05, 4.69) is 154 Å². The number of fused-ring (bicyclic) bond motifs is 4. The van der Waals surface area contributed by atoms with E-state index >= 15 is 0 Å². The highest BCUT2D eigenvalue weighted by atomic mass is 35.5. The van der Waals surface area contributed by atoms with E-state index in [1.165, 1.54) is 0 Å². The van der Waals surface area contributed by atoms with Crippen molar-refractivity contribution in [1.82, 2.24) is 0 Å². The van der Waals surface area contributed by atoms with Gasteiger partial charge in [0.15, 0.2) is 0 Å². The van der Waals surface area contributed by atoms with Gasteiger partial charge in [-0.15, -0.1) is 11.5 Å². The van der Waals surface area contributed by atoms with Crippen LogP contribution < -0.4 is 10.4 Å². The molecule has 0 bridgehead atoms. The van der Waals surface area contributed by atoms with Crippen LogP contribution in [0.2, 0.25) is 53.3 Å². The van der Waals surface area contributed by atoms with Crippen LogP contribution in [-0.4, -0.2) is 16.1 Å². The number of benzene rings is 6. The molecular formula is C50H56Cl4Si2. The van der Waals surface area contributed by atoms with Crippen LogP contribution in [0, 0.1) is 10.4 Å². The van der Waals surface area contributed by atoms with Gasteiger partial charge in [-0.1, -0.05) is 189 Å². The van der Waals surface area contributed by atoms with E-state index < -0.39 is 16.1 Å². The first-order chi connectivity index (χ1) is 26.4. The summed E-state index contributed by atoms with van der Waals surface area (Å²) >= 11 is 29.4. The van der Waals surface area contributed by atoms with E-state index in [-0.39, 0.29) is 0 Å². The summed E-state index contributed by atoms with van der Waals surface area (Å²) in [5.41, 5.74) is 16.0. The molecule has 0 nitrogen and oxygen atoms in total. The Balaban J connectivity index is 2.06. The highest BCUT2D eigenvalue weighted by Crippen LogP contribution is 2.44. The summed E-state index contributed by atoms with van der Waals surface area (Å²) in [6.07, 6.45) is 0. The average molecular weight is 855 g/mol. The SMILES string of the molecule is CC(C)[Si](C=C=c1c2c(Cl)cccc2c(=c2c3cccc(Cl)c3c(=C=C[Si](C(C)C)(C(C)C)C(C)C)c3c(Cl)cccc23)c2cccc(Cl)c12)(C(C)C)C(C)C. The molecular weight excluding hydrogens is 799 g/mol. The minimum Gasteiger partial charge on any atom is -0.120 e. The monoisotopic (exact) mass is 852 g/mol. The number of hydrogen-bond donors (Lipinski definition) is 0. The Morgan fingerprint density at radius 1 is 0.375 bits per heavy atom. The molecule has 6 aromatic carbocycles. The van der Waals surface area contributed by atoms with E-state index in [1.807, 2.05) is 24.3 Å². The van der Waals surface area contributed by atoms with Gasteiger partial charge in [-0.05, 0) is 89.5 Å². The van der Waals surface area contributed by atoms with E-state index in [1.54, 1.807) is 0 Å². The van der Waals surface area contributed by atoms with Crippen LogP contribution in [0.5, 0.6) is 0 Å². The van der Waals surface area contributed by atoms with Crippen LogP contribution in [0.4, 0.5) is 0 Å². The van der Waals surface area contributed by atoms with Gasteiger partial charge in [-0.2, -0.15) is 0 Å². The molecule has 0 atom stereocenters. The Hall–Kier alpha value is -2.75. The lowest BCUT2D eigenvalue weighted by Crippen LogP contribution is -2.42. The van der Waals surface area contributed by atoms with Crippen molar-refractivity contribution in [3.63, 3.8) is 0 Å². The van der Waals surface area contributed by atoms with Gasteiger partial charge in [-0.25, -0.2) is 0 Å². The summed E-state index contributed by atoms with van der Waals surface area (Å²) in [6, 6.07) is 24.9. The maximum atomic E-state index is 7.35. The van der Waals surface area contributed by atoms with Crippen molar-refractivity contribution in [2.24, 2.45) is 0 Å². The van der Waals surface area contributed by atoms with Gasteiger partial charge in [0.2, 0.25) is 0 Å². The highest BCUT2D eigenvalue weighted by molar-refractivity contribution is 6.88. The van der Waals surface area contributed by atoms with Crippen molar-refractivity contribution in [2.75, 3.05) is 0 Å². The second kappa shape index (κ2) is 16.5. The zero-order valence-electron chi connectivity index (χ0n) is 35.1. The third-order valence-corrected chi connectivity index (χ3v) is 27.9. The Morgan fingerprint density at radius 2 is 0.589 bits per heavy atom. The predicted octanol–water partition coefficient (Wildman–Crippen LogP) is 16.5. The molecule has 0 saturated heterocycles. The molecule has 0 aromatic heterocycles. The molecule has 6 aromatic rings. The van der Waals surface area contributed by atoms with Crippen molar-refractivity contribution < 1.29 is 0 Å². The quantitative estimate of drug-likeness (QED) is 0.106. The van der Waals surface area contributed by atoms with Gasteiger partial charge in [0.05, 0.1) is 16.1 Å². The molecule has 0 unspecified atom stereocenters. The van der Waals surface area contributed by atoms with Gasteiger partial charge in [0, 0.05) is 52.1 Å². The second-order valence-electron chi connectivity index (χ2n) is 17.7. The third kappa shape index (κ3) is 6.87. The van der Waals surface area contributed by atoms with Crippen LogP contribution in [0.1, 0.15) is 83.1 Å². The minimum absolute atomic E-state index is 0.531. The normalized spacial score (nSPS) is 12.8. The minimum atomic E-state index is -1.99. The van der Waals surface area contributed by atoms with Gasteiger partial charge < -0.3 is 0 Å². The van der Waals surface area contributed by atoms with Crippen molar-refractivity contribution in [2.45, 2.75) is 116 Å². The molecule has 0 amide bonds. The molecule has 292 valence electrons. The van der Waals surface area contributed by atoms with E-state index in [9.17, 15) is 0 Å². The fourth-order valence-electron chi connectivity index (χ4n) is 10.7. The lowest BCUT2D eigenvalue weighted by molar-refractivity contribution is 0.834. The zero-order valence-corrected chi connectivity index (χ0v) is 40.1. The largest absolute Gasteiger partial charge is 0.120 e. The van der Waals surface area contributed by atoms with Crippen molar-refractivity contribution >= 4 is 117 Å². The van der Waals surface area contributed by atoms with Crippen LogP contribution in [-0.2, 0) is 0 Å². The first-order valence-corrected chi connectivity index (χ1v) is 26.4. The molecule has 0 aliphatic carbocycles. The van der Waals surface area contributed by atoms with Crippen molar-refractivity contribution in [3.05, 3.63) is 125 Å². The maximum Gasteiger partial charge on any atom is 0.0948 e. The summed E-state index contributed by atoms with van der Waals surface area (Å²) < 4.78 is 0. The molecule has 56 heavy (non-hydrogen) atoms. The van der Waals surface area contributed by atoms with Crippen molar-refractivity contribution in [1.29, 1.82) is 0 Å². The van der Waals surface area contributed by atoms with Gasteiger partial charge in [-0.3, -0.25) is 0 Å². The molecule has 0 aliphatic rings. The first-order valence-electron chi connectivity index (χ1n) is 20.3. The number of halogens is 4. The number of rotatable bonds is 8. The summed E-state index contributed by atoms with van der Waals surface area (Å²) in [4.78, 5) is 0. The van der Waals surface area contributed by atoms with Crippen LogP contribution >= 0.6 is 46.4 Å². The topological polar surface area (TPSA) is 0 Å². The van der Waals surface area contributed by atoms with Crippen LogP contribution in [0.15, 0.2) is 84.2 Å². The first kappa shape index (κ1) is 42.8. The molecule has 0 N–H and O–H groups in total. The second-order valence-corrected chi connectivity index (χ2v) is 30.8. The third-order valence-electron chi connectivity index (χ3n) is 13.3. The summed E-state index contributed by atoms with van der Waals surface area (Å²) in [5, 5.41) is 14.6. The van der Waals surface area contributed by atoms with Crippen molar-refractivity contribution in [3.8, 4) is 0 Å². The molecule has 0 saturated carbocycles. The molecule has 0 heterocycles. The van der Waals surface area contributed by atoms with E-state index in [4.69, 9.17) is 46.4 Å². The molecule has 0 spiro atoms. The van der Waals surface area contributed by atoms with E-state index in [0.29, 0.717) is 53.3 Å². The predicted molar refractivity (Wildman–Crippen MR) is 258 cm³/mol. The van der Waals surface area contributed by atoms with Crippen LogP contribution in [0.25, 0.3) is 54.6 Å². The highest BCUT2D eigenvalue weighted by Gasteiger charge is 2.41. The molecule has 0 radical (unpaired) electrons. The zero-order chi connectivity index (χ0) is 41.0. The molecule has 0 aliphatic heterocycles. The average Bonchev–Trinajstić information content (AvgIpc) is 3.11. The Kier molecular flexibility index (Phi) is 12.6. The fourth-order valence-corrected chi connectivity index (χ4v) is 22.6. The molecule has 6 rings (SSSR count). The summed E-state index contributed by atoms with van der Waals surface area (Å²) in [7, 11) is -3.98. The fraction of sp³-hybridized carbons (Fsp3) is 0.360. The smallest absolute Gasteiger partial charge is 0.0948 e.